The molecular weight excluding hydrogens is 469 g/mol. The van der Waals surface area contributed by atoms with Crippen LogP contribution in [0.2, 0.25) is 0 Å². The van der Waals surface area contributed by atoms with E-state index in [2.05, 4.69) is 60.3 Å². The molecule has 1 heterocycles. The maximum atomic E-state index is 10.6. The summed E-state index contributed by atoms with van der Waals surface area (Å²) in [5.74, 6) is 3.67. The number of halogens is 1. The molecule has 0 saturated carbocycles. The molecule has 1 atom stereocenters. The van der Waals surface area contributed by atoms with E-state index in [1.165, 1.54) is 48.3 Å². The Bertz CT molecular complexity index is 770. The van der Waals surface area contributed by atoms with Crippen LogP contribution < -0.4 is 9.47 Å². The lowest BCUT2D eigenvalue weighted by Crippen LogP contribution is -2.28. The minimum Gasteiger partial charge on any atom is -0.493 e. The molecule has 0 aromatic heterocycles. The summed E-state index contributed by atoms with van der Waals surface area (Å²) in [7, 11) is 4.39. The second-order valence-corrected chi connectivity index (χ2v) is 9.40. The number of quaternary nitrogens is 1. The van der Waals surface area contributed by atoms with Gasteiger partial charge in [0, 0.05) is 26.9 Å². The van der Waals surface area contributed by atoms with Gasteiger partial charge < -0.3 is 19.3 Å². The van der Waals surface area contributed by atoms with Crippen molar-refractivity contribution in [3.63, 3.8) is 0 Å². The summed E-state index contributed by atoms with van der Waals surface area (Å²) < 4.78 is 29.1. The number of benzene rings is 1. The molecule has 1 fully saturated rings. The Hall–Kier alpha value is -2.05. The Balaban J connectivity index is 0. The van der Waals surface area contributed by atoms with Crippen molar-refractivity contribution in [3.8, 4) is 11.5 Å². The molecule has 1 aliphatic heterocycles. The highest BCUT2D eigenvalue weighted by atomic mass is 19.1. The minimum atomic E-state index is -0.417. The van der Waals surface area contributed by atoms with Crippen molar-refractivity contribution in [2.75, 3.05) is 47.6 Å². The lowest BCUT2D eigenvalue weighted by molar-refractivity contribution is -0.757. The summed E-state index contributed by atoms with van der Waals surface area (Å²) in [5.41, 5.74) is 4.12. The Morgan fingerprint density at radius 3 is 1.89 bits per heavy atom. The zero-order valence-electron chi connectivity index (χ0n) is 25.7. The SMILES string of the molecule is C=CCF.CC.CC(C)C.CC/C(OC1CCc2cc(OC)c(OC)cc2C1)=C(\C)[N+]1(CC)CC1.CO. The topological polar surface area (TPSA) is 47.9 Å². The minimum absolute atomic E-state index is 0.257. The van der Waals surface area contributed by atoms with Crippen molar-refractivity contribution in [1.82, 2.24) is 0 Å². The van der Waals surface area contributed by atoms with Gasteiger partial charge in [-0.25, -0.2) is 4.39 Å². The van der Waals surface area contributed by atoms with Gasteiger partial charge in [-0.05, 0) is 48.9 Å². The predicted molar refractivity (Wildman–Crippen MR) is 156 cm³/mol. The van der Waals surface area contributed by atoms with Crippen LogP contribution in [0, 0.1) is 5.92 Å². The summed E-state index contributed by atoms with van der Waals surface area (Å²) >= 11 is 0. The molecule has 37 heavy (non-hydrogen) atoms. The molecule has 1 aromatic rings. The molecule has 1 aliphatic carbocycles. The monoisotopic (exact) mass is 526 g/mol. The largest absolute Gasteiger partial charge is 0.493 e. The molecule has 0 bridgehead atoms. The number of aliphatic hydroxyl groups excluding tert-OH is 1. The number of ether oxygens (including phenoxy) is 3. The number of allylic oxidation sites excluding steroid dienone is 3. The second kappa shape index (κ2) is 20.9. The van der Waals surface area contributed by atoms with Crippen molar-refractivity contribution >= 4 is 0 Å². The Morgan fingerprint density at radius 2 is 1.54 bits per heavy atom. The molecule has 5 nitrogen and oxygen atoms in total. The van der Waals surface area contributed by atoms with Crippen LogP contribution in [0.3, 0.4) is 0 Å². The average Bonchev–Trinajstić information content (AvgIpc) is 3.74. The third-order valence-corrected chi connectivity index (χ3v) is 6.11. The Kier molecular flexibility index (Phi) is 21.0. The number of hydrogen-bond acceptors (Lipinski definition) is 4. The summed E-state index contributed by atoms with van der Waals surface area (Å²) in [6.07, 6.45) is 5.47. The van der Waals surface area contributed by atoms with Gasteiger partial charge in [-0.15, -0.1) is 6.58 Å². The molecule has 6 heteroatoms. The van der Waals surface area contributed by atoms with Crippen molar-refractivity contribution in [2.24, 2.45) is 5.92 Å². The van der Waals surface area contributed by atoms with E-state index >= 15 is 0 Å². The predicted octanol–water partition coefficient (Wildman–Crippen LogP) is 7.51. The van der Waals surface area contributed by atoms with E-state index in [0.717, 1.165) is 54.7 Å². The highest BCUT2D eigenvalue weighted by Gasteiger charge is 2.44. The van der Waals surface area contributed by atoms with E-state index in [1.807, 2.05) is 13.8 Å². The van der Waals surface area contributed by atoms with E-state index in [4.69, 9.17) is 19.3 Å². The number of aliphatic hydroxyl groups is 1. The number of nitrogens with zero attached hydrogens (tertiary/aromatic N) is 1. The molecule has 0 spiro atoms. The van der Waals surface area contributed by atoms with Crippen LogP contribution in [0.1, 0.15) is 79.4 Å². The first-order chi connectivity index (χ1) is 17.7. The quantitative estimate of drug-likeness (QED) is 0.165. The average molecular weight is 527 g/mol. The van der Waals surface area contributed by atoms with E-state index in [9.17, 15) is 4.39 Å². The fraction of sp³-hybridized carbons (Fsp3) is 0.677. The normalized spacial score (nSPS) is 16.8. The number of rotatable bonds is 8. The second-order valence-electron chi connectivity index (χ2n) is 9.40. The fourth-order valence-corrected chi connectivity index (χ4v) is 4.05. The first-order valence-corrected chi connectivity index (χ1v) is 13.8. The molecule has 2 aliphatic rings. The van der Waals surface area contributed by atoms with Crippen LogP contribution >= 0.6 is 0 Å². The standard InChI is InChI=1S/C21H32NO3.C4H10.C3H5F.C2H6.CH4O/c1-6-19(15(3)22(7-2)10-11-22)25-18-9-8-16-13-20(23-4)21(24-5)14-17(16)12-18;1-4(2)3;1-2-3-4;2*1-2/h13-14,18H,6-12H2,1-5H3;4H,1-3H3;2H,1,3H2;1-2H3;2H,1H3/q+1;;;;/b19-15-;;;;. The molecule has 1 N–H and O–H groups in total. The maximum Gasteiger partial charge on any atom is 0.161 e. The first kappa shape index (κ1) is 37.1. The lowest BCUT2D eigenvalue weighted by Gasteiger charge is -2.29. The molecule has 3 rings (SSSR count). The third-order valence-electron chi connectivity index (χ3n) is 6.11. The molecule has 0 radical (unpaired) electrons. The number of methoxy groups -OCH3 is 2. The van der Waals surface area contributed by atoms with E-state index in [1.54, 1.807) is 14.2 Å². The maximum absolute atomic E-state index is 10.6. The summed E-state index contributed by atoms with van der Waals surface area (Å²) in [4.78, 5) is 0. The molecular formula is C31H57FNO4+. The first-order valence-electron chi connectivity index (χ1n) is 13.8. The number of alkyl halides is 1. The van der Waals surface area contributed by atoms with Crippen LogP contribution in [0.4, 0.5) is 4.39 Å². The number of aryl methyl sites for hydroxylation is 1. The van der Waals surface area contributed by atoms with E-state index in [-0.39, 0.29) is 6.10 Å². The molecule has 1 unspecified atom stereocenters. The van der Waals surface area contributed by atoms with Gasteiger partial charge in [0.25, 0.3) is 0 Å². The zero-order valence-corrected chi connectivity index (χ0v) is 25.7. The smallest absolute Gasteiger partial charge is 0.161 e. The van der Waals surface area contributed by atoms with E-state index < -0.39 is 6.67 Å². The van der Waals surface area contributed by atoms with Crippen LogP contribution in [-0.2, 0) is 17.6 Å². The Morgan fingerprint density at radius 1 is 1.08 bits per heavy atom. The highest BCUT2D eigenvalue weighted by Crippen LogP contribution is 2.37. The van der Waals surface area contributed by atoms with Crippen LogP contribution in [0.15, 0.2) is 36.2 Å². The van der Waals surface area contributed by atoms with Crippen LogP contribution in [-0.4, -0.2) is 63.3 Å². The number of fused-ring (bicyclic) bond motifs is 1. The van der Waals surface area contributed by atoms with Crippen molar-refractivity contribution < 1.29 is 28.2 Å². The zero-order chi connectivity index (χ0) is 29.0. The van der Waals surface area contributed by atoms with Crippen molar-refractivity contribution in [3.05, 3.63) is 47.4 Å². The van der Waals surface area contributed by atoms with Gasteiger partial charge in [0.15, 0.2) is 17.3 Å². The summed E-state index contributed by atoms with van der Waals surface area (Å²) in [5, 5.41) is 7.00. The lowest BCUT2D eigenvalue weighted by atomic mass is 9.89. The van der Waals surface area contributed by atoms with Crippen LogP contribution in [0.5, 0.6) is 11.5 Å². The molecule has 1 saturated heterocycles. The van der Waals surface area contributed by atoms with Gasteiger partial charge >= 0.3 is 0 Å². The molecule has 216 valence electrons. The summed E-state index contributed by atoms with van der Waals surface area (Å²) in [6.45, 7) is 23.6. The fourth-order valence-electron chi connectivity index (χ4n) is 4.05. The summed E-state index contributed by atoms with van der Waals surface area (Å²) in [6, 6.07) is 4.25. The van der Waals surface area contributed by atoms with Crippen molar-refractivity contribution in [1.29, 1.82) is 0 Å². The van der Waals surface area contributed by atoms with Gasteiger partial charge in [0.05, 0.1) is 20.8 Å². The molecule has 0 amide bonds. The van der Waals surface area contributed by atoms with Crippen molar-refractivity contribution in [2.45, 2.75) is 87.2 Å². The highest BCUT2D eigenvalue weighted by molar-refractivity contribution is 5.48. The number of likely N-dealkylation sites (N-methyl/N-ethyl adjacent to an activating group) is 1. The van der Waals surface area contributed by atoms with Gasteiger partial charge in [0.2, 0.25) is 0 Å². The van der Waals surface area contributed by atoms with Gasteiger partial charge in [-0.3, -0.25) is 4.48 Å². The third kappa shape index (κ3) is 12.8. The van der Waals surface area contributed by atoms with Gasteiger partial charge in [-0.2, -0.15) is 0 Å². The molecule has 1 aromatic carbocycles. The van der Waals surface area contributed by atoms with E-state index in [0.29, 0.717) is 0 Å². The number of hydrogen-bond donors (Lipinski definition) is 1. The van der Waals surface area contributed by atoms with Gasteiger partial charge in [0.1, 0.15) is 31.6 Å². The van der Waals surface area contributed by atoms with Crippen LogP contribution in [0.25, 0.3) is 0 Å². The Labute approximate surface area is 227 Å². The van der Waals surface area contributed by atoms with Gasteiger partial charge in [-0.1, -0.05) is 47.6 Å².